The molecule has 0 spiro atoms. The molecule has 36 heavy (non-hydrogen) atoms. The van der Waals surface area contributed by atoms with Crippen LogP contribution in [-0.2, 0) is 27.3 Å². The number of carbonyl (C=O) groups excluding carboxylic acids is 2. The predicted molar refractivity (Wildman–Crippen MR) is 142 cm³/mol. The number of aryl methyl sites for hydroxylation is 1. The highest BCUT2D eigenvalue weighted by molar-refractivity contribution is 5.89. The molecular weight excluding hydrogens is 452 g/mol. The number of carbonyl (C=O) groups is 2. The van der Waals surface area contributed by atoms with E-state index in [1.807, 2.05) is 11.0 Å². The zero-order chi connectivity index (χ0) is 25.3. The van der Waals surface area contributed by atoms with Crippen LogP contribution in [0, 0.1) is 6.92 Å². The lowest BCUT2D eigenvalue weighted by atomic mass is 10.0. The van der Waals surface area contributed by atoms with Gasteiger partial charge in [0.25, 0.3) is 0 Å². The van der Waals surface area contributed by atoms with Crippen LogP contribution >= 0.6 is 0 Å². The van der Waals surface area contributed by atoms with Crippen LogP contribution in [0.3, 0.4) is 0 Å². The van der Waals surface area contributed by atoms with Gasteiger partial charge < -0.3 is 19.9 Å². The Morgan fingerprint density at radius 3 is 2.61 bits per heavy atom. The van der Waals surface area contributed by atoms with E-state index in [-0.39, 0.29) is 24.5 Å². The number of hydrogen-bond donors (Lipinski definition) is 1. The van der Waals surface area contributed by atoms with Crippen molar-refractivity contribution in [2.24, 2.45) is 0 Å². The summed E-state index contributed by atoms with van der Waals surface area (Å²) in [5, 5.41) is 3.37. The molecule has 2 unspecified atom stereocenters. The average molecular weight is 493 g/mol. The van der Waals surface area contributed by atoms with Crippen LogP contribution in [0.1, 0.15) is 29.5 Å². The van der Waals surface area contributed by atoms with Crippen molar-refractivity contribution in [2.45, 2.75) is 44.8 Å². The molecule has 2 heterocycles. The summed E-state index contributed by atoms with van der Waals surface area (Å²) in [5.74, 6) is -0.0326. The minimum absolute atomic E-state index is 0.000135. The predicted octanol–water partition coefficient (Wildman–Crippen LogP) is 2.48. The molecule has 2 aromatic carbocycles. The fourth-order valence-corrected chi connectivity index (χ4v) is 5.39. The summed E-state index contributed by atoms with van der Waals surface area (Å²) in [7, 11) is 1.53. The van der Waals surface area contributed by atoms with Gasteiger partial charge in [0.05, 0.1) is 0 Å². The summed E-state index contributed by atoms with van der Waals surface area (Å²) >= 11 is 0. The first kappa shape index (κ1) is 26.3. The molecule has 7 heteroatoms. The molecule has 2 aliphatic rings. The van der Waals surface area contributed by atoms with Gasteiger partial charge in [-0.2, -0.15) is 0 Å². The Bertz CT molecular complexity index is 991. The lowest BCUT2D eigenvalue weighted by molar-refractivity contribution is -0.145. The van der Waals surface area contributed by atoms with E-state index in [9.17, 15) is 9.59 Å². The zero-order valence-electron chi connectivity index (χ0n) is 21.7. The standard InChI is InChI=1S/C29H40N4O3/c1-23-9-6-7-12-25(23)20-32(17-13-24-10-4-3-5-11-24)26-19-27(33(21-26)28(34)22-36-2)29(35)31-16-8-14-30-15-18-31/h3-7,9-12,26-27,30H,8,13-22H2,1-2H3. The van der Waals surface area contributed by atoms with Crippen molar-refractivity contribution < 1.29 is 14.3 Å². The number of nitrogens with zero attached hydrogens (tertiary/aromatic N) is 3. The second-order valence-electron chi connectivity index (χ2n) is 9.95. The number of amides is 2. The SMILES string of the molecule is COCC(=O)N1CC(N(CCc2ccccc2)Cc2ccccc2C)CC1C(=O)N1CCCNCC1. The molecule has 0 aromatic heterocycles. The van der Waals surface area contributed by atoms with E-state index in [4.69, 9.17) is 4.74 Å². The van der Waals surface area contributed by atoms with Crippen LogP contribution in [0.25, 0.3) is 0 Å². The number of benzene rings is 2. The van der Waals surface area contributed by atoms with E-state index in [0.717, 1.165) is 45.6 Å². The molecule has 7 nitrogen and oxygen atoms in total. The van der Waals surface area contributed by atoms with Gasteiger partial charge in [-0.15, -0.1) is 0 Å². The number of likely N-dealkylation sites (tertiary alicyclic amines) is 1. The Labute approximate surface area is 215 Å². The van der Waals surface area contributed by atoms with Gasteiger partial charge in [-0.25, -0.2) is 0 Å². The van der Waals surface area contributed by atoms with E-state index in [1.54, 1.807) is 4.90 Å². The summed E-state index contributed by atoms with van der Waals surface area (Å²) in [4.78, 5) is 32.9. The molecule has 0 bridgehead atoms. The normalized spacial score (nSPS) is 20.5. The van der Waals surface area contributed by atoms with Gasteiger partial charge in [0.2, 0.25) is 11.8 Å². The van der Waals surface area contributed by atoms with Crippen molar-refractivity contribution in [2.75, 3.05) is 53.0 Å². The summed E-state index contributed by atoms with van der Waals surface area (Å²) < 4.78 is 5.18. The topological polar surface area (TPSA) is 65.1 Å². The second kappa shape index (κ2) is 13.0. The summed E-state index contributed by atoms with van der Waals surface area (Å²) in [5.41, 5.74) is 3.84. The molecule has 0 radical (unpaired) electrons. The number of nitrogens with one attached hydrogen (secondary N) is 1. The first-order chi connectivity index (χ1) is 17.6. The molecule has 2 atom stereocenters. The number of rotatable bonds is 9. The zero-order valence-corrected chi connectivity index (χ0v) is 21.7. The Balaban J connectivity index is 1.56. The Hall–Kier alpha value is -2.74. The highest BCUT2D eigenvalue weighted by atomic mass is 16.5. The van der Waals surface area contributed by atoms with Crippen molar-refractivity contribution in [1.29, 1.82) is 0 Å². The van der Waals surface area contributed by atoms with E-state index < -0.39 is 6.04 Å². The van der Waals surface area contributed by atoms with E-state index in [1.165, 1.54) is 23.8 Å². The van der Waals surface area contributed by atoms with E-state index in [2.05, 4.69) is 65.7 Å². The number of hydrogen-bond acceptors (Lipinski definition) is 5. The van der Waals surface area contributed by atoms with Crippen LogP contribution in [0.15, 0.2) is 54.6 Å². The first-order valence-corrected chi connectivity index (χ1v) is 13.2. The van der Waals surface area contributed by atoms with Crippen molar-refractivity contribution in [3.8, 4) is 0 Å². The maximum atomic E-state index is 13.7. The molecule has 2 amide bonds. The Morgan fingerprint density at radius 1 is 1.06 bits per heavy atom. The van der Waals surface area contributed by atoms with E-state index in [0.29, 0.717) is 19.5 Å². The van der Waals surface area contributed by atoms with E-state index >= 15 is 0 Å². The van der Waals surface area contributed by atoms with Gasteiger partial charge in [0.1, 0.15) is 12.6 Å². The van der Waals surface area contributed by atoms with Crippen molar-refractivity contribution >= 4 is 11.8 Å². The fraction of sp³-hybridized carbons (Fsp3) is 0.517. The van der Waals surface area contributed by atoms with Crippen LogP contribution in [-0.4, -0.2) is 91.6 Å². The maximum absolute atomic E-state index is 13.7. The quantitative estimate of drug-likeness (QED) is 0.583. The summed E-state index contributed by atoms with van der Waals surface area (Å²) in [6.07, 6.45) is 2.51. The molecule has 4 rings (SSSR count). The van der Waals surface area contributed by atoms with Gasteiger partial charge in [-0.05, 0) is 49.4 Å². The molecule has 2 saturated heterocycles. The summed E-state index contributed by atoms with van der Waals surface area (Å²) in [6, 6.07) is 18.7. The Morgan fingerprint density at radius 2 is 1.83 bits per heavy atom. The van der Waals surface area contributed by atoms with Crippen molar-refractivity contribution in [3.05, 3.63) is 71.3 Å². The third-order valence-electron chi connectivity index (χ3n) is 7.49. The molecular formula is C29H40N4O3. The van der Waals surface area contributed by atoms with Gasteiger partial charge in [-0.1, -0.05) is 54.6 Å². The molecule has 0 saturated carbocycles. The minimum atomic E-state index is -0.438. The maximum Gasteiger partial charge on any atom is 0.249 e. The third kappa shape index (κ3) is 6.72. The molecule has 2 fully saturated rings. The molecule has 0 aliphatic carbocycles. The number of ether oxygens (including phenoxy) is 1. The van der Waals surface area contributed by atoms with Gasteiger partial charge in [-0.3, -0.25) is 14.5 Å². The van der Waals surface area contributed by atoms with Gasteiger partial charge in [0, 0.05) is 52.4 Å². The van der Waals surface area contributed by atoms with Crippen LogP contribution in [0.2, 0.25) is 0 Å². The second-order valence-corrected chi connectivity index (χ2v) is 9.95. The first-order valence-electron chi connectivity index (χ1n) is 13.2. The smallest absolute Gasteiger partial charge is 0.249 e. The molecule has 2 aromatic rings. The fourth-order valence-electron chi connectivity index (χ4n) is 5.39. The van der Waals surface area contributed by atoms with Crippen molar-refractivity contribution in [1.82, 2.24) is 20.0 Å². The largest absolute Gasteiger partial charge is 0.375 e. The third-order valence-corrected chi connectivity index (χ3v) is 7.49. The lowest BCUT2D eigenvalue weighted by Gasteiger charge is -2.29. The highest BCUT2D eigenvalue weighted by Crippen LogP contribution is 2.27. The average Bonchev–Trinajstić information content (AvgIpc) is 3.16. The summed E-state index contributed by atoms with van der Waals surface area (Å²) in [6.45, 7) is 7.50. The minimum Gasteiger partial charge on any atom is -0.375 e. The monoisotopic (exact) mass is 492 g/mol. The van der Waals surface area contributed by atoms with Crippen molar-refractivity contribution in [3.63, 3.8) is 0 Å². The van der Waals surface area contributed by atoms with Crippen LogP contribution in [0.4, 0.5) is 0 Å². The van der Waals surface area contributed by atoms with Gasteiger partial charge >= 0.3 is 0 Å². The van der Waals surface area contributed by atoms with Gasteiger partial charge in [0.15, 0.2) is 0 Å². The molecule has 2 aliphatic heterocycles. The molecule has 194 valence electrons. The highest BCUT2D eigenvalue weighted by Gasteiger charge is 2.43. The van der Waals surface area contributed by atoms with Crippen LogP contribution in [0.5, 0.6) is 0 Å². The lowest BCUT2D eigenvalue weighted by Crippen LogP contribution is -2.49. The number of methoxy groups -OCH3 is 1. The molecule has 1 N–H and O–H groups in total. The van der Waals surface area contributed by atoms with Crippen LogP contribution < -0.4 is 5.32 Å². The Kier molecular flexibility index (Phi) is 9.50.